The average Bonchev–Trinajstić information content (AvgIpc) is 2.56. The Bertz CT molecular complexity index is 678. The summed E-state index contributed by atoms with van der Waals surface area (Å²) < 4.78 is 0. The summed E-state index contributed by atoms with van der Waals surface area (Å²) >= 11 is 0. The molecule has 4 nitrogen and oxygen atoms in total. The first-order chi connectivity index (χ1) is 11.1. The highest BCUT2D eigenvalue weighted by Gasteiger charge is 2.13. The van der Waals surface area contributed by atoms with Gasteiger partial charge in [0.15, 0.2) is 0 Å². The van der Waals surface area contributed by atoms with Gasteiger partial charge in [0.25, 0.3) is 0 Å². The van der Waals surface area contributed by atoms with Crippen LogP contribution in [0.5, 0.6) is 5.75 Å². The molecule has 23 heavy (non-hydrogen) atoms. The summed E-state index contributed by atoms with van der Waals surface area (Å²) in [5.41, 5.74) is 4.75. The van der Waals surface area contributed by atoms with E-state index in [-0.39, 0.29) is 0 Å². The van der Waals surface area contributed by atoms with Gasteiger partial charge in [-0.2, -0.15) is 0 Å². The summed E-state index contributed by atoms with van der Waals surface area (Å²) in [4.78, 5) is 8.97. The average molecular weight is 311 g/mol. The second kappa shape index (κ2) is 7.09. The van der Waals surface area contributed by atoms with E-state index in [4.69, 9.17) is 0 Å². The van der Waals surface area contributed by atoms with E-state index < -0.39 is 0 Å². The van der Waals surface area contributed by atoms with Crippen LogP contribution in [-0.2, 0) is 6.42 Å². The van der Waals surface area contributed by atoms with E-state index >= 15 is 0 Å². The van der Waals surface area contributed by atoms with Crippen molar-refractivity contribution in [2.75, 3.05) is 6.54 Å². The predicted molar refractivity (Wildman–Crippen MR) is 92.6 cm³/mol. The number of hydrogen-bond donors (Lipinski definition) is 2. The maximum Gasteiger partial charge on any atom is 0.116 e. The zero-order valence-corrected chi connectivity index (χ0v) is 14.0. The minimum atomic E-state index is 0.303. The highest BCUT2D eigenvalue weighted by atomic mass is 16.3. The van der Waals surface area contributed by atoms with Crippen LogP contribution >= 0.6 is 0 Å². The molecule has 2 N–H and O–H groups in total. The molecule has 1 aromatic heterocycles. The molecule has 1 fully saturated rings. The minimum Gasteiger partial charge on any atom is -0.508 e. The molecule has 0 aliphatic carbocycles. The number of aryl methyl sites for hydroxylation is 3. The normalized spacial score (nSPS) is 18.1. The van der Waals surface area contributed by atoms with Gasteiger partial charge >= 0.3 is 0 Å². The van der Waals surface area contributed by atoms with E-state index in [1.165, 1.54) is 19.3 Å². The summed E-state index contributed by atoms with van der Waals surface area (Å²) in [6.45, 7) is 5.03. The number of hydrogen-bond acceptors (Lipinski definition) is 4. The van der Waals surface area contributed by atoms with Gasteiger partial charge in [0.2, 0.25) is 0 Å². The molecule has 3 rings (SSSR count). The lowest BCUT2D eigenvalue weighted by Gasteiger charge is -2.23. The molecule has 0 amide bonds. The number of aromatic nitrogens is 2. The van der Waals surface area contributed by atoms with E-state index in [0.29, 0.717) is 11.8 Å². The SMILES string of the molecule is Cc1cnc(C)c(-c2cc(O)cc(CCC3CCCCN3)c2)n1. The van der Waals surface area contributed by atoms with Gasteiger partial charge in [-0.05, 0) is 69.8 Å². The zero-order valence-electron chi connectivity index (χ0n) is 14.0. The lowest BCUT2D eigenvalue weighted by atomic mass is 9.96. The molecule has 1 aliphatic heterocycles. The summed E-state index contributed by atoms with van der Waals surface area (Å²) in [5, 5.41) is 13.7. The third kappa shape index (κ3) is 4.08. The van der Waals surface area contributed by atoms with Gasteiger partial charge in [0, 0.05) is 17.8 Å². The first-order valence-corrected chi connectivity index (χ1v) is 8.49. The van der Waals surface area contributed by atoms with Crippen molar-refractivity contribution < 1.29 is 5.11 Å². The lowest BCUT2D eigenvalue weighted by Crippen LogP contribution is -2.34. The molecule has 0 bridgehead atoms. The maximum absolute atomic E-state index is 10.1. The third-order valence-electron chi connectivity index (χ3n) is 4.52. The molecule has 1 saturated heterocycles. The number of phenols is 1. The lowest BCUT2D eigenvalue weighted by molar-refractivity contribution is 0.382. The fourth-order valence-electron chi connectivity index (χ4n) is 3.28. The van der Waals surface area contributed by atoms with Gasteiger partial charge in [0.05, 0.1) is 17.1 Å². The molecule has 1 aliphatic rings. The Labute approximate surface area is 138 Å². The van der Waals surface area contributed by atoms with Crippen molar-refractivity contribution in [3.63, 3.8) is 0 Å². The number of phenolic OH excluding ortho intramolecular Hbond substituents is 1. The van der Waals surface area contributed by atoms with Crippen LogP contribution in [-0.4, -0.2) is 27.7 Å². The Morgan fingerprint density at radius 1 is 1.22 bits per heavy atom. The molecule has 122 valence electrons. The summed E-state index contributed by atoms with van der Waals surface area (Å²) in [7, 11) is 0. The number of piperidine rings is 1. The zero-order chi connectivity index (χ0) is 16.2. The fourth-order valence-corrected chi connectivity index (χ4v) is 3.28. The quantitative estimate of drug-likeness (QED) is 0.907. The first-order valence-electron chi connectivity index (χ1n) is 8.49. The Hall–Kier alpha value is -1.94. The predicted octanol–water partition coefficient (Wildman–Crippen LogP) is 3.54. The van der Waals surface area contributed by atoms with Crippen molar-refractivity contribution in [1.82, 2.24) is 15.3 Å². The fraction of sp³-hybridized carbons (Fsp3) is 0.474. The molecule has 0 spiro atoms. The van der Waals surface area contributed by atoms with Gasteiger partial charge in [-0.15, -0.1) is 0 Å². The van der Waals surface area contributed by atoms with Gasteiger partial charge in [-0.25, -0.2) is 4.98 Å². The highest BCUT2D eigenvalue weighted by Crippen LogP contribution is 2.27. The van der Waals surface area contributed by atoms with Crippen LogP contribution in [0.4, 0.5) is 0 Å². The number of rotatable bonds is 4. The summed E-state index contributed by atoms with van der Waals surface area (Å²) in [6.07, 6.45) is 7.73. The standard InChI is InChI=1S/C19H25N3O/c1-13-12-21-14(2)19(22-13)16-9-15(10-18(23)11-16)6-7-17-5-3-4-8-20-17/h9-12,17,20,23H,3-8H2,1-2H3. The molecule has 0 radical (unpaired) electrons. The van der Waals surface area contributed by atoms with Crippen LogP contribution in [0, 0.1) is 13.8 Å². The Balaban J connectivity index is 1.79. The van der Waals surface area contributed by atoms with Crippen LogP contribution < -0.4 is 5.32 Å². The Morgan fingerprint density at radius 3 is 2.87 bits per heavy atom. The molecule has 1 aromatic carbocycles. The van der Waals surface area contributed by atoms with Crippen molar-refractivity contribution in [1.29, 1.82) is 0 Å². The highest BCUT2D eigenvalue weighted by molar-refractivity contribution is 5.64. The van der Waals surface area contributed by atoms with E-state index in [2.05, 4.69) is 21.4 Å². The monoisotopic (exact) mass is 311 g/mol. The molecule has 2 aromatic rings. The van der Waals surface area contributed by atoms with Gasteiger partial charge in [-0.1, -0.05) is 6.42 Å². The summed E-state index contributed by atoms with van der Waals surface area (Å²) in [5.74, 6) is 0.303. The molecule has 4 heteroatoms. The molecular formula is C19H25N3O. The van der Waals surface area contributed by atoms with Crippen molar-refractivity contribution in [2.45, 2.75) is 52.0 Å². The number of nitrogens with zero attached hydrogens (tertiary/aromatic N) is 2. The van der Waals surface area contributed by atoms with E-state index in [1.807, 2.05) is 19.9 Å². The minimum absolute atomic E-state index is 0.303. The van der Waals surface area contributed by atoms with Crippen LogP contribution in [0.1, 0.15) is 42.6 Å². The van der Waals surface area contributed by atoms with Crippen LogP contribution in [0.15, 0.2) is 24.4 Å². The number of benzene rings is 1. The molecule has 0 saturated carbocycles. The van der Waals surface area contributed by atoms with Crippen molar-refractivity contribution in [3.8, 4) is 17.0 Å². The number of nitrogens with one attached hydrogen (secondary N) is 1. The van der Waals surface area contributed by atoms with Gasteiger partial charge < -0.3 is 10.4 Å². The Morgan fingerprint density at radius 2 is 2.09 bits per heavy atom. The largest absolute Gasteiger partial charge is 0.508 e. The van der Waals surface area contributed by atoms with Crippen LogP contribution in [0.25, 0.3) is 11.3 Å². The topological polar surface area (TPSA) is 58.0 Å². The second-order valence-electron chi connectivity index (χ2n) is 6.52. The van der Waals surface area contributed by atoms with Gasteiger partial charge in [-0.3, -0.25) is 4.98 Å². The first kappa shape index (κ1) is 15.9. The third-order valence-corrected chi connectivity index (χ3v) is 4.52. The van der Waals surface area contributed by atoms with Gasteiger partial charge in [0.1, 0.15) is 5.75 Å². The maximum atomic E-state index is 10.1. The summed E-state index contributed by atoms with van der Waals surface area (Å²) in [6, 6.07) is 6.39. The van der Waals surface area contributed by atoms with Crippen molar-refractivity contribution >= 4 is 0 Å². The molecule has 2 heterocycles. The van der Waals surface area contributed by atoms with Crippen molar-refractivity contribution in [2.24, 2.45) is 0 Å². The van der Waals surface area contributed by atoms with E-state index in [9.17, 15) is 5.11 Å². The Kier molecular flexibility index (Phi) is 4.91. The molecular weight excluding hydrogens is 286 g/mol. The van der Waals surface area contributed by atoms with Crippen molar-refractivity contribution in [3.05, 3.63) is 41.3 Å². The molecule has 1 atom stereocenters. The van der Waals surface area contributed by atoms with E-state index in [0.717, 1.165) is 47.6 Å². The van der Waals surface area contributed by atoms with Crippen LogP contribution in [0.3, 0.4) is 0 Å². The molecule has 1 unspecified atom stereocenters. The van der Waals surface area contributed by atoms with Crippen LogP contribution in [0.2, 0.25) is 0 Å². The second-order valence-corrected chi connectivity index (χ2v) is 6.52. The van der Waals surface area contributed by atoms with E-state index in [1.54, 1.807) is 12.3 Å². The number of aromatic hydroxyl groups is 1. The smallest absolute Gasteiger partial charge is 0.116 e.